The molecule has 0 amide bonds. The number of nitriles is 1. The van der Waals surface area contributed by atoms with Crippen molar-refractivity contribution in [2.45, 2.75) is 18.9 Å². The van der Waals surface area contributed by atoms with Crippen LogP contribution in [0.5, 0.6) is 5.88 Å². The van der Waals surface area contributed by atoms with Crippen LogP contribution in [-0.4, -0.2) is 24.2 Å². The van der Waals surface area contributed by atoms with Crippen molar-refractivity contribution >= 4 is 15.9 Å². The second-order valence-corrected chi connectivity index (χ2v) is 4.62. The zero-order valence-corrected chi connectivity index (χ0v) is 10.3. The summed E-state index contributed by atoms with van der Waals surface area (Å²) in [5, 5.41) is 12.2. The monoisotopic (exact) mass is 281 g/mol. The predicted molar refractivity (Wildman–Crippen MR) is 63.2 cm³/mol. The smallest absolute Gasteiger partial charge is 0.232 e. The summed E-state index contributed by atoms with van der Waals surface area (Å²) < 4.78 is 6.51. The van der Waals surface area contributed by atoms with Crippen molar-refractivity contribution in [3.05, 3.63) is 22.3 Å². The van der Waals surface area contributed by atoms with E-state index in [0.717, 1.165) is 30.4 Å². The van der Waals surface area contributed by atoms with Crippen LogP contribution in [0.3, 0.4) is 0 Å². The van der Waals surface area contributed by atoms with Gasteiger partial charge in [-0.3, -0.25) is 0 Å². The first-order valence-electron chi connectivity index (χ1n) is 5.22. The molecule has 2 rings (SSSR count). The van der Waals surface area contributed by atoms with Gasteiger partial charge >= 0.3 is 0 Å². The third-order valence-electron chi connectivity index (χ3n) is 2.47. The second-order valence-electron chi connectivity index (χ2n) is 3.70. The van der Waals surface area contributed by atoms with E-state index in [0.29, 0.717) is 11.4 Å². The summed E-state index contributed by atoms with van der Waals surface area (Å²) >= 11 is 3.28. The maximum absolute atomic E-state index is 8.97. The summed E-state index contributed by atoms with van der Waals surface area (Å²) in [7, 11) is 0. The maximum Gasteiger partial charge on any atom is 0.232 e. The van der Waals surface area contributed by atoms with Gasteiger partial charge in [0.05, 0.1) is 0 Å². The average Bonchev–Trinajstić information content (AvgIpc) is 2.33. The topological polar surface area (TPSA) is 57.9 Å². The van der Waals surface area contributed by atoms with E-state index >= 15 is 0 Å². The second kappa shape index (κ2) is 5.28. The molecular weight excluding hydrogens is 270 g/mol. The molecule has 1 aliphatic heterocycles. The number of rotatable bonds is 2. The molecule has 1 N–H and O–H groups in total. The minimum absolute atomic E-state index is 0.120. The number of hydrogen-bond donors (Lipinski definition) is 1. The van der Waals surface area contributed by atoms with Crippen LogP contribution in [0, 0.1) is 11.3 Å². The first-order chi connectivity index (χ1) is 7.79. The van der Waals surface area contributed by atoms with Crippen LogP contribution in [0.15, 0.2) is 16.7 Å². The number of ether oxygens (including phenoxy) is 1. The lowest BCUT2D eigenvalue weighted by Gasteiger charge is -2.23. The molecule has 1 aliphatic rings. The number of aromatic nitrogens is 1. The Morgan fingerprint density at radius 2 is 2.50 bits per heavy atom. The van der Waals surface area contributed by atoms with Gasteiger partial charge < -0.3 is 10.1 Å². The summed E-state index contributed by atoms with van der Waals surface area (Å²) in [6.07, 6.45) is 3.88. The van der Waals surface area contributed by atoms with Crippen LogP contribution in [-0.2, 0) is 0 Å². The molecule has 1 saturated heterocycles. The van der Waals surface area contributed by atoms with Crippen molar-refractivity contribution in [3.63, 3.8) is 0 Å². The third-order valence-corrected chi connectivity index (χ3v) is 2.90. The summed E-state index contributed by atoms with van der Waals surface area (Å²) in [6.45, 7) is 1.86. The number of pyridine rings is 1. The first kappa shape index (κ1) is 11.4. The molecule has 0 aromatic carbocycles. The normalized spacial score (nSPS) is 20.1. The Hall–Kier alpha value is -1.12. The molecule has 0 unspecified atom stereocenters. The van der Waals surface area contributed by atoms with Crippen molar-refractivity contribution in [1.29, 1.82) is 5.26 Å². The Balaban J connectivity index is 2.11. The van der Waals surface area contributed by atoms with Crippen LogP contribution >= 0.6 is 15.9 Å². The van der Waals surface area contributed by atoms with E-state index in [2.05, 4.69) is 32.3 Å². The molecule has 0 bridgehead atoms. The van der Waals surface area contributed by atoms with Crippen molar-refractivity contribution in [1.82, 2.24) is 10.3 Å². The zero-order valence-electron chi connectivity index (χ0n) is 8.74. The fourth-order valence-electron chi connectivity index (χ4n) is 1.68. The number of nitrogens with one attached hydrogen (secondary N) is 1. The molecule has 0 spiro atoms. The summed E-state index contributed by atoms with van der Waals surface area (Å²) in [4.78, 5) is 4.12. The van der Waals surface area contributed by atoms with Crippen LogP contribution in [0.4, 0.5) is 0 Å². The highest BCUT2D eigenvalue weighted by molar-refractivity contribution is 9.10. The van der Waals surface area contributed by atoms with Gasteiger partial charge in [-0.25, -0.2) is 4.98 Å². The van der Waals surface area contributed by atoms with Gasteiger partial charge in [0.25, 0.3) is 0 Å². The van der Waals surface area contributed by atoms with E-state index in [1.807, 2.05) is 0 Å². The largest absolute Gasteiger partial charge is 0.472 e. The SMILES string of the molecule is N#Cc1cc(Br)cnc1O[C@@H]1CCCNC1. The molecule has 0 saturated carbocycles. The summed E-state index contributed by atoms with van der Waals surface area (Å²) in [5.41, 5.74) is 0.472. The summed E-state index contributed by atoms with van der Waals surface area (Å²) in [6, 6.07) is 3.81. The van der Waals surface area contributed by atoms with Gasteiger partial charge in [-0.15, -0.1) is 0 Å². The molecular formula is C11H12BrN3O. The Morgan fingerprint density at radius 3 is 3.19 bits per heavy atom. The van der Waals surface area contributed by atoms with Gasteiger partial charge in [0, 0.05) is 17.2 Å². The molecule has 5 heteroatoms. The van der Waals surface area contributed by atoms with E-state index in [-0.39, 0.29) is 6.10 Å². The molecule has 4 nitrogen and oxygen atoms in total. The highest BCUT2D eigenvalue weighted by Gasteiger charge is 2.16. The average molecular weight is 282 g/mol. The van der Waals surface area contributed by atoms with Crippen molar-refractivity contribution in [2.75, 3.05) is 13.1 Å². The minimum atomic E-state index is 0.120. The Kier molecular flexibility index (Phi) is 3.75. The lowest BCUT2D eigenvalue weighted by molar-refractivity contribution is 0.160. The van der Waals surface area contributed by atoms with E-state index in [4.69, 9.17) is 10.00 Å². The molecule has 1 aromatic heterocycles. The van der Waals surface area contributed by atoms with Crippen molar-refractivity contribution in [2.24, 2.45) is 0 Å². The number of hydrogen-bond acceptors (Lipinski definition) is 4. The van der Waals surface area contributed by atoms with E-state index in [1.54, 1.807) is 12.3 Å². The fourth-order valence-corrected chi connectivity index (χ4v) is 2.01. The van der Waals surface area contributed by atoms with Crippen LogP contribution in [0.25, 0.3) is 0 Å². The number of nitrogens with zero attached hydrogens (tertiary/aromatic N) is 2. The predicted octanol–water partition coefficient (Wildman–Crippen LogP) is 1.85. The third kappa shape index (κ3) is 2.71. The molecule has 16 heavy (non-hydrogen) atoms. The van der Waals surface area contributed by atoms with E-state index in [1.165, 1.54) is 0 Å². The van der Waals surface area contributed by atoms with Gasteiger partial charge in [0.15, 0.2) is 0 Å². The molecule has 1 aromatic rings. The lowest BCUT2D eigenvalue weighted by Crippen LogP contribution is -2.37. The van der Waals surface area contributed by atoms with Gasteiger partial charge in [-0.05, 0) is 41.4 Å². The molecule has 84 valence electrons. The summed E-state index contributed by atoms with van der Waals surface area (Å²) in [5.74, 6) is 0.430. The molecule has 0 aliphatic carbocycles. The Bertz CT molecular complexity index is 410. The minimum Gasteiger partial charge on any atom is -0.472 e. The Morgan fingerprint density at radius 1 is 1.62 bits per heavy atom. The quantitative estimate of drug-likeness (QED) is 0.899. The van der Waals surface area contributed by atoms with Gasteiger partial charge in [0.2, 0.25) is 5.88 Å². The molecule has 2 heterocycles. The highest BCUT2D eigenvalue weighted by Crippen LogP contribution is 2.21. The lowest BCUT2D eigenvalue weighted by atomic mass is 10.1. The fraction of sp³-hybridized carbons (Fsp3) is 0.455. The van der Waals surface area contributed by atoms with Crippen LogP contribution in [0.2, 0.25) is 0 Å². The van der Waals surface area contributed by atoms with Gasteiger partial charge in [-0.1, -0.05) is 0 Å². The molecule has 0 radical (unpaired) electrons. The Labute approximate surface area is 103 Å². The van der Waals surface area contributed by atoms with E-state index in [9.17, 15) is 0 Å². The zero-order chi connectivity index (χ0) is 11.4. The first-order valence-corrected chi connectivity index (χ1v) is 6.02. The number of piperidine rings is 1. The highest BCUT2D eigenvalue weighted by atomic mass is 79.9. The number of halogens is 1. The molecule has 1 atom stereocenters. The van der Waals surface area contributed by atoms with Gasteiger partial charge in [-0.2, -0.15) is 5.26 Å². The maximum atomic E-state index is 8.97. The van der Waals surface area contributed by atoms with Crippen LogP contribution < -0.4 is 10.1 Å². The van der Waals surface area contributed by atoms with Crippen LogP contribution in [0.1, 0.15) is 18.4 Å². The van der Waals surface area contributed by atoms with Crippen molar-refractivity contribution < 1.29 is 4.74 Å². The van der Waals surface area contributed by atoms with E-state index < -0.39 is 0 Å². The van der Waals surface area contributed by atoms with Gasteiger partial charge in [0.1, 0.15) is 17.7 Å². The molecule has 1 fully saturated rings. The van der Waals surface area contributed by atoms with Crippen molar-refractivity contribution in [3.8, 4) is 11.9 Å². The standard InChI is InChI=1S/C11H12BrN3O/c12-9-4-8(5-13)11(15-6-9)16-10-2-1-3-14-7-10/h4,6,10,14H,1-3,7H2/t10-/m1/s1.